The number of aryl methyl sites for hydroxylation is 2. The van der Waals surface area contributed by atoms with E-state index in [4.69, 9.17) is 10.5 Å². The van der Waals surface area contributed by atoms with Crippen molar-refractivity contribution in [2.45, 2.75) is 32.2 Å². The molecule has 1 aliphatic rings. The molecular weight excluding hydrogens is 326 g/mol. The van der Waals surface area contributed by atoms with Crippen LogP contribution < -0.4 is 10.5 Å². The van der Waals surface area contributed by atoms with Crippen LogP contribution in [-0.4, -0.2) is 6.61 Å². The third kappa shape index (κ3) is 3.30. The highest BCUT2D eigenvalue weighted by molar-refractivity contribution is 9.10. The minimum atomic E-state index is 0.0754. The van der Waals surface area contributed by atoms with Gasteiger partial charge in [0.15, 0.2) is 0 Å². The zero-order valence-corrected chi connectivity index (χ0v) is 13.8. The van der Waals surface area contributed by atoms with Crippen molar-refractivity contribution in [2.24, 2.45) is 5.73 Å². The van der Waals surface area contributed by atoms with Crippen molar-refractivity contribution in [3.8, 4) is 5.75 Å². The summed E-state index contributed by atoms with van der Waals surface area (Å²) in [6.45, 7) is 2.90. The lowest BCUT2D eigenvalue weighted by Crippen LogP contribution is -2.11. The molecule has 2 aromatic rings. The molecule has 0 saturated carbocycles. The highest BCUT2D eigenvalue weighted by Crippen LogP contribution is 2.28. The van der Waals surface area contributed by atoms with Crippen molar-refractivity contribution in [3.63, 3.8) is 0 Å². The number of hydrogen-bond donors (Lipinski definition) is 1. The Balaban J connectivity index is 1.65. The zero-order valence-electron chi connectivity index (χ0n) is 12.2. The lowest BCUT2D eigenvalue weighted by molar-refractivity contribution is 0.357. The Morgan fingerprint density at radius 1 is 1.24 bits per heavy atom. The average molecular weight is 346 g/mol. The van der Waals surface area contributed by atoms with Gasteiger partial charge in [-0.05, 0) is 54.2 Å². The number of fused-ring (bicyclic) bond motifs is 1. The summed E-state index contributed by atoms with van der Waals surface area (Å²) in [6.07, 6.45) is 2.98. The van der Waals surface area contributed by atoms with Crippen LogP contribution in [0.5, 0.6) is 5.75 Å². The maximum Gasteiger partial charge on any atom is 0.122 e. The first kappa shape index (κ1) is 14.6. The van der Waals surface area contributed by atoms with Gasteiger partial charge in [-0.3, -0.25) is 0 Å². The van der Waals surface area contributed by atoms with E-state index in [1.54, 1.807) is 0 Å². The Morgan fingerprint density at radius 2 is 2.10 bits per heavy atom. The molecule has 2 N–H and O–H groups in total. The Hall–Kier alpha value is -1.32. The van der Waals surface area contributed by atoms with Gasteiger partial charge in [0, 0.05) is 16.9 Å². The molecule has 1 atom stereocenters. The van der Waals surface area contributed by atoms with Crippen molar-refractivity contribution in [1.29, 1.82) is 0 Å². The van der Waals surface area contributed by atoms with E-state index in [1.807, 2.05) is 0 Å². The number of halogens is 1. The van der Waals surface area contributed by atoms with Gasteiger partial charge in [-0.25, -0.2) is 0 Å². The average Bonchev–Trinajstić information content (AvgIpc) is 2.95. The van der Waals surface area contributed by atoms with Crippen LogP contribution >= 0.6 is 15.9 Å². The molecule has 0 spiro atoms. The topological polar surface area (TPSA) is 35.2 Å². The molecule has 3 rings (SSSR count). The summed E-state index contributed by atoms with van der Waals surface area (Å²) < 4.78 is 6.67. The van der Waals surface area contributed by atoms with Crippen LogP contribution in [0.1, 0.15) is 34.7 Å². The molecular formula is C18H20BrNO. The number of nitrogens with two attached hydrogens (primary N) is 1. The lowest BCUT2D eigenvalue weighted by atomic mass is 9.98. The largest absolute Gasteiger partial charge is 0.493 e. The third-order valence-corrected chi connectivity index (χ3v) is 4.98. The molecule has 0 amide bonds. The van der Waals surface area contributed by atoms with Crippen LogP contribution in [0.15, 0.2) is 40.9 Å². The predicted molar refractivity (Wildman–Crippen MR) is 89.8 cm³/mol. The van der Waals surface area contributed by atoms with Gasteiger partial charge in [0.2, 0.25) is 0 Å². The van der Waals surface area contributed by atoms with Gasteiger partial charge >= 0.3 is 0 Å². The maximum atomic E-state index is 6.33. The molecule has 1 heterocycles. The van der Waals surface area contributed by atoms with Crippen LogP contribution in [0.2, 0.25) is 0 Å². The van der Waals surface area contributed by atoms with Crippen LogP contribution in [0.4, 0.5) is 0 Å². The van der Waals surface area contributed by atoms with Crippen molar-refractivity contribution in [1.82, 2.24) is 0 Å². The summed E-state index contributed by atoms with van der Waals surface area (Å²) >= 11 is 3.57. The molecule has 0 aliphatic carbocycles. The monoisotopic (exact) mass is 345 g/mol. The van der Waals surface area contributed by atoms with Gasteiger partial charge in [0.25, 0.3) is 0 Å². The molecule has 3 heteroatoms. The number of benzene rings is 2. The molecule has 0 aromatic heterocycles. The second-order valence-corrected chi connectivity index (χ2v) is 6.55. The van der Waals surface area contributed by atoms with Gasteiger partial charge in [-0.2, -0.15) is 0 Å². The van der Waals surface area contributed by atoms with E-state index in [-0.39, 0.29) is 6.04 Å². The molecule has 21 heavy (non-hydrogen) atoms. The highest BCUT2D eigenvalue weighted by atomic mass is 79.9. The van der Waals surface area contributed by atoms with Crippen molar-refractivity contribution in [2.75, 3.05) is 6.61 Å². The predicted octanol–water partition coefficient (Wildman–Crippen LogP) is 4.33. The van der Waals surface area contributed by atoms with Gasteiger partial charge in [-0.1, -0.05) is 40.2 Å². The Kier molecular flexibility index (Phi) is 4.32. The number of ether oxygens (including phenoxy) is 1. The van der Waals surface area contributed by atoms with Crippen molar-refractivity contribution in [3.05, 3.63) is 63.1 Å². The fraction of sp³-hybridized carbons (Fsp3) is 0.333. The van der Waals surface area contributed by atoms with Crippen molar-refractivity contribution < 1.29 is 4.74 Å². The summed E-state index contributed by atoms with van der Waals surface area (Å²) in [7, 11) is 0. The quantitative estimate of drug-likeness (QED) is 0.895. The molecule has 1 unspecified atom stereocenters. The first-order chi connectivity index (χ1) is 10.1. The van der Waals surface area contributed by atoms with Gasteiger partial charge in [0.05, 0.1) is 6.61 Å². The molecule has 2 aromatic carbocycles. The molecule has 2 nitrogen and oxygen atoms in total. The van der Waals surface area contributed by atoms with Crippen LogP contribution in [0, 0.1) is 6.92 Å². The number of hydrogen-bond acceptors (Lipinski definition) is 2. The minimum Gasteiger partial charge on any atom is -0.493 e. The van der Waals surface area contributed by atoms with E-state index < -0.39 is 0 Å². The first-order valence-corrected chi connectivity index (χ1v) is 8.19. The van der Waals surface area contributed by atoms with Crippen LogP contribution in [0.25, 0.3) is 0 Å². The fourth-order valence-corrected chi connectivity index (χ4v) is 3.12. The van der Waals surface area contributed by atoms with Crippen LogP contribution in [-0.2, 0) is 12.8 Å². The maximum absolute atomic E-state index is 6.33. The summed E-state index contributed by atoms with van der Waals surface area (Å²) in [6, 6.07) is 13.0. The standard InChI is InChI=1S/C18H20BrNO/c1-12-2-5-14(11-16(12)19)17(20)6-3-13-4-7-18-15(10-13)8-9-21-18/h2,4-5,7,10-11,17H,3,6,8-9,20H2,1H3. The summed E-state index contributed by atoms with van der Waals surface area (Å²) in [5.41, 5.74) is 11.4. The molecule has 110 valence electrons. The lowest BCUT2D eigenvalue weighted by Gasteiger charge is -2.13. The number of rotatable bonds is 4. The van der Waals surface area contributed by atoms with E-state index in [2.05, 4.69) is 59.3 Å². The molecule has 0 bridgehead atoms. The Bertz CT molecular complexity index is 654. The summed E-state index contributed by atoms with van der Waals surface area (Å²) in [5.74, 6) is 1.05. The van der Waals surface area contributed by atoms with E-state index in [1.165, 1.54) is 22.3 Å². The zero-order chi connectivity index (χ0) is 14.8. The van der Waals surface area contributed by atoms with Gasteiger partial charge < -0.3 is 10.5 Å². The van der Waals surface area contributed by atoms with E-state index >= 15 is 0 Å². The molecule has 0 radical (unpaired) electrons. The van der Waals surface area contributed by atoms with Crippen molar-refractivity contribution >= 4 is 15.9 Å². The Labute approximate surface area is 134 Å². The molecule has 0 saturated heterocycles. The molecule has 0 fully saturated rings. The first-order valence-electron chi connectivity index (χ1n) is 7.40. The second-order valence-electron chi connectivity index (χ2n) is 5.69. The highest BCUT2D eigenvalue weighted by Gasteiger charge is 2.13. The minimum absolute atomic E-state index is 0.0754. The van der Waals surface area contributed by atoms with E-state index in [9.17, 15) is 0 Å². The van der Waals surface area contributed by atoms with Gasteiger partial charge in [-0.15, -0.1) is 0 Å². The summed E-state index contributed by atoms with van der Waals surface area (Å²) in [5, 5.41) is 0. The van der Waals surface area contributed by atoms with E-state index in [0.717, 1.165) is 36.1 Å². The second kappa shape index (κ2) is 6.20. The van der Waals surface area contributed by atoms with E-state index in [0.29, 0.717) is 0 Å². The normalized spacial score (nSPS) is 14.6. The van der Waals surface area contributed by atoms with Crippen LogP contribution in [0.3, 0.4) is 0 Å². The fourth-order valence-electron chi connectivity index (χ4n) is 2.72. The SMILES string of the molecule is Cc1ccc(C(N)CCc2ccc3c(c2)CCO3)cc1Br. The van der Waals surface area contributed by atoms with Gasteiger partial charge in [0.1, 0.15) is 5.75 Å². The molecule has 1 aliphatic heterocycles. The third-order valence-electron chi connectivity index (χ3n) is 4.12. The smallest absolute Gasteiger partial charge is 0.122 e. The Morgan fingerprint density at radius 3 is 2.90 bits per heavy atom. The summed E-state index contributed by atoms with van der Waals surface area (Å²) in [4.78, 5) is 0.